The maximum atomic E-state index is 12.1. The van der Waals surface area contributed by atoms with E-state index in [-0.39, 0.29) is 29.7 Å². The number of aliphatic hydroxyl groups excluding tert-OH is 3. The summed E-state index contributed by atoms with van der Waals surface area (Å²) in [6.45, 7) is 18.2. The Balaban J connectivity index is 0.000000192. The lowest BCUT2D eigenvalue weighted by atomic mass is 9.86. The van der Waals surface area contributed by atoms with E-state index in [4.69, 9.17) is 58.0 Å². The Morgan fingerprint density at radius 2 is 0.833 bits per heavy atom. The van der Waals surface area contributed by atoms with Gasteiger partial charge in [0.05, 0.1) is 24.9 Å². The minimum atomic E-state index is -1.75. The fourth-order valence-corrected chi connectivity index (χ4v) is 10.2. The van der Waals surface area contributed by atoms with Crippen LogP contribution in [0.25, 0.3) is 0 Å². The van der Waals surface area contributed by atoms with Gasteiger partial charge in [-0.05, 0) is 59.1 Å². The van der Waals surface area contributed by atoms with Crippen molar-refractivity contribution in [1.29, 1.82) is 0 Å². The van der Waals surface area contributed by atoms with E-state index in [1.807, 2.05) is 39.6 Å². The average Bonchev–Trinajstić information content (AvgIpc) is 3.94. The van der Waals surface area contributed by atoms with Crippen LogP contribution in [0.5, 0.6) is 0 Å². The molecule has 0 spiro atoms. The lowest BCUT2D eigenvalue weighted by Gasteiger charge is -2.33. The molecule has 4 aliphatic heterocycles. The molecule has 0 bridgehead atoms. The van der Waals surface area contributed by atoms with Crippen molar-refractivity contribution in [1.82, 2.24) is 38.2 Å². The zero-order chi connectivity index (χ0) is 58.6. The Kier molecular flexibility index (Phi) is 20.2. The van der Waals surface area contributed by atoms with E-state index in [1.165, 1.54) is 65.9 Å². The summed E-state index contributed by atoms with van der Waals surface area (Å²) in [4.78, 5) is 102. The SMILES string of the molecule is CC1(O)[C@@H](O)[C@@H](CO)O[C@H]1n1ccc(=O)[nH]c1=O.CC[C@H]1O[C@@H](n2ccc(=O)[nH]c2=O)C(C)(OC(C)=O)[C@H]1C.CC[C@H]1O[C@@H](n2ccc(=S)[nH]c2=O)C(C)(O)[C@H]1O.CC[C@H]1O[C@@H](n2ccc(=S)[nH]c2=O)C(C)(OC(C)=O)[C@H]1C. The highest BCUT2D eigenvalue weighted by molar-refractivity contribution is 7.71. The van der Waals surface area contributed by atoms with Gasteiger partial charge in [0.25, 0.3) is 11.1 Å². The molecule has 16 atom stereocenters. The fraction of sp³-hybridized carbons (Fsp3) is 0.633. The molecule has 0 saturated carbocycles. The third-order valence-electron chi connectivity index (χ3n) is 14.6. The van der Waals surface area contributed by atoms with E-state index in [0.29, 0.717) is 15.7 Å². The molecule has 8 rings (SSSR count). The molecule has 29 heteroatoms. The van der Waals surface area contributed by atoms with Crippen LogP contribution in [0, 0.1) is 21.1 Å². The van der Waals surface area contributed by atoms with Crippen LogP contribution in [-0.4, -0.2) is 141 Å². The lowest BCUT2D eigenvalue weighted by Crippen LogP contribution is -2.46. The highest BCUT2D eigenvalue weighted by Gasteiger charge is 2.57. The number of hydrogen-bond acceptors (Lipinski definition) is 21. The molecule has 4 saturated heterocycles. The lowest BCUT2D eigenvalue weighted by molar-refractivity contribution is -0.172. The minimum absolute atomic E-state index is 0.0357. The van der Waals surface area contributed by atoms with E-state index in [0.717, 1.165) is 29.7 Å². The molecule has 432 valence electrons. The number of nitrogens with zero attached hydrogens (tertiary/aromatic N) is 4. The Bertz CT molecular complexity index is 3040. The number of carbonyl (C=O) groups is 2. The summed E-state index contributed by atoms with van der Waals surface area (Å²) < 4.78 is 39.2. The zero-order valence-corrected chi connectivity index (χ0v) is 46.6. The first-order valence-electron chi connectivity index (χ1n) is 25.0. The van der Waals surface area contributed by atoms with Gasteiger partial charge in [-0.15, -0.1) is 0 Å². The van der Waals surface area contributed by atoms with Gasteiger partial charge in [0.2, 0.25) is 0 Å². The van der Waals surface area contributed by atoms with Crippen LogP contribution in [0.15, 0.2) is 77.8 Å². The Hall–Kier alpha value is -5.86. The molecule has 78 heavy (non-hydrogen) atoms. The van der Waals surface area contributed by atoms with Crippen molar-refractivity contribution in [3.8, 4) is 0 Å². The summed E-state index contributed by atoms with van der Waals surface area (Å²) in [5, 5.41) is 49.2. The first kappa shape index (κ1) is 63.0. The number of rotatable bonds is 10. The van der Waals surface area contributed by atoms with Crippen molar-refractivity contribution >= 4 is 36.4 Å². The highest BCUT2D eigenvalue weighted by Crippen LogP contribution is 2.47. The van der Waals surface area contributed by atoms with E-state index >= 15 is 0 Å². The first-order chi connectivity index (χ1) is 36.3. The van der Waals surface area contributed by atoms with E-state index < -0.39 is 118 Å². The quantitative estimate of drug-likeness (QED) is 0.0784. The summed E-state index contributed by atoms with van der Waals surface area (Å²) in [5.41, 5.74) is -8.44. The van der Waals surface area contributed by atoms with Crippen molar-refractivity contribution < 1.29 is 63.5 Å². The van der Waals surface area contributed by atoms with Gasteiger partial charge in [0.15, 0.2) is 36.1 Å². The van der Waals surface area contributed by atoms with Crippen LogP contribution in [0.4, 0.5) is 0 Å². The molecule has 27 nitrogen and oxygen atoms in total. The molecule has 4 aromatic rings. The van der Waals surface area contributed by atoms with Crippen molar-refractivity contribution in [3.05, 3.63) is 121 Å². The topological polar surface area (TPSA) is 376 Å². The molecule has 0 radical (unpaired) electrons. The Morgan fingerprint density at radius 1 is 0.538 bits per heavy atom. The second-order valence-corrected chi connectivity index (χ2v) is 20.9. The summed E-state index contributed by atoms with van der Waals surface area (Å²) >= 11 is 9.77. The van der Waals surface area contributed by atoms with E-state index in [2.05, 4.69) is 15.0 Å². The molecule has 9 N–H and O–H groups in total. The van der Waals surface area contributed by atoms with Gasteiger partial charge in [-0.3, -0.25) is 57.4 Å². The number of H-pyrrole nitrogens is 4. The molecule has 0 aliphatic carbocycles. The standard InChI is InChI=1S/C14H20N2O5.C14H20N2O4S.C11H16N2O4S.C10H14N2O6/c1-5-10-8(2)14(4,21-9(3)17)12(20-10)16-7-6-11(18)15-13(16)19;1-5-10-8(2)14(4,20-9(3)17)12(19-10)16-7-6-11(21)15-13(16)18;1-3-6-8(14)11(2,16)9(17-6)13-5-4-7(18)12-10(13)15;1-10(17)7(15)5(4-13)18-8(10)12-3-2-6(14)11-9(12)16/h6-8,10,12H,5H2,1-4H3,(H,15,18,19);6-8,10,12H,5H2,1-4H3,(H,15,18,21);4-6,8-9,14,16H,3H2,1-2H3,(H,12,15,18);2-3,5,7-8,13,15,17H,4H2,1H3,(H,11,14,16)/t2*8-,10+,12+,14?;6-,8+,9-,11?;5-,7+,8-,10?/m0011/s1. The predicted octanol–water partition coefficient (Wildman–Crippen LogP) is 0.836. The fourth-order valence-electron chi connectivity index (χ4n) is 9.92. The van der Waals surface area contributed by atoms with E-state index in [1.54, 1.807) is 26.1 Å². The number of carbonyl (C=O) groups excluding carboxylic acids is 2. The van der Waals surface area contributed by atoms with Gasteiger partial charge < -0.3 is 54.0 Å². The van der Waals surface area contributed by atoms with Gasteiger partial charge in [0.1, 0.15) is 38.8 Å². The monoisotopic (exact) mass is 1140 g/mol. The maximum Gasteiger partial charge on any atom is 0.330 e. The number of nitrogens with one attached hydrogen (secondary N) is 4. The largest absolute Gasteiger partial charge is 0.454 e. The first-order valence-corrected chi connectivity index (χ1v) is 25.8. The molecule has 8 heterocycles. The molecule has 0 aromatic carbocycles. The third kappa shape index (κ3) is 13.1. The second-order valence-electron chi connectivity index (χ2n) is 20.1. The average molecular weight is 1140 g/mol. The van der Waals surface area contributed by atoms with Crippen molar-refractivity contribution in [2.75, 3.05) is 6.61 Å². The van der Waals surface area contributed by atoms with Gasteiger partial charge in [-0.2, -0.15) is 0 Å². The van der Waals surface area contributed by atoms with Crippen LogP contribution in [0.2, 0.25) is 0 Å². The van der Waals surface area contributed by atoms with Crippen molar-refractivity contribution in [2.24, 2.45) is 11.8 Å². The smallest absolute Gasteiger partial charge is 0.330 e. The second kappa shape index (κ2) is 25.1. The molecule has 4 unspecified atom stereocenters. The van der Waals surface area contributed by atoms with Gasteiger partial charge in [-0.25, -0.2) is 19.2 Å². The number of ether oxygens (including phenoxy) is 6. The van der Waals surface area contributed by atoms with Crippen LogP contribution in [0.1, 0.15) is 120 Å². The van der Waals surface area contributed by atoms with Crippen LogP contribution in [0.3, 0.4) is 0 Å². The van der Waals surface area contributed by atoms with Crippen LogP contribution >= 0.6 is 24.4 Å². The number of aromatic amines is 4. The number of aromatic nitrogens is 8. The molecule has 4 aliphatic rings. The minimum Gasteiger partial charge on any atom is -0.454 e. The molecular weight excluding hydrogens is 1070 g/mol. The van der Waals surface area contributed by atoms with Crippen LogP contribution < -0.4 is 33.9 Å². The van der Waals surface area contributed by atoms with Crippen molar-refractivity contribution in [2.45, 2.75) is 179 Å². The summed E-state index contributed by atoms with van der Waals surface area (Å²) in [6, 6.07) is 5.47. The normalized spacial score (nSPS) is 33.8. The zero-order valence-electron chi connectivity index (χ0n) is 44.9. The summed E-state index contributed by atoms with van der Waals surface area (Å²) in [6.07, 6.45) is -0.0961. The number of esters is 2. The van der Waals surface area contributed by atoms with Crippen LogP contribution in [-0.2, 0) is 38.0 Å². The summed E-state index contributed by atoms with van der Waals surface area (Å²) in [7, 11) is 0. The Morgan fingerprint density at radius 3 is 1.12 bits per heavy atom. The molecular formula is C49H70N8O19S2. The molecule has 4 aromatic heterocycles. The van der Waals surface area contributed by atoms with Gasteiger partial charge in [-0.1, -0.05) is 59.1 Å². The predicted molar refractivity (Wildman–Crippen MR) is 280 cm³/mol. The summed E-state index contributed by atoms with van der Waals surface area (Å²) in [5.74, 6) is -0.958. The maximum absolute atomic E-state index is 12.1. The molecule has 0 amide bonds. The van der Waals surface area contributed by atoms with Crippen molar-refractivity contribution in [3.63, 3.8) is 0 Å². The third-order valence-corrected chi connectivity index (χ3v) is 15.0. The van der Waals surface area contributed by atoms with Gasteiger partial charge in [0, 0.05) is 62.6 Å². The Labute approximate surface area is 455 Å². The molecule has 4 fully saturated rings. The number of hydrogen-bond donors (Lipinski definition) is 9. The van der Waals surface area contributed by atoms with E-state index in [9.17, 15) is 58.8 Å². The highest BCUT2D eigenvalue weighted by atomic mass is 32.1. The number of aliphatic hydroxyl groups is 5. The van der Waals surface area contributed by atoms with Gasteiger partial charge >= 0.3 is 34.7 Å².